The molecule has 4 aliphatic carbocycles. The largest absolute Gasteiger partial charge is 0.351 e. The highest BCUT2D eigenvalue weighted by Gasteiger charge is 2.35. The molecule has 0 amide bonds. The molecule has 6 atom stereocenters. The second-order valence-electron chi connectivity index (χ2n) is 10.2. The Kier molecular flexibility index (Phi) is 6.44. The Morgan fingerprint density at radius 2 is 1.15 bits per heavy atom. The van der Waals surface area contributed by atoms with Crippen LogP contribution in [-0.4, -0.2) is 19.0 Å². The number of allylic oxidation sites excluding steroid dienone is 4. The van der Waals surface area contributed by atoms with Gasteiger partial charge >= 0.3 is 0 Å². The summed E-state index contributed by atoms with van der Waals surface area (Å²) in [6.07, 6.45) is 23.3. The lowest BCUT2D eigenvalue weighted by atomic mass is 9.89. The van der Waals surface area contributed by atoms with Crippen LogP contribution in [0.4, 0.5) is 0 Å². The van der Waals surface area contributed by atoms with E-state index in [1.54, 1.807) is 0 Å². The van der Waals surface area contributed by atoms with Crippen molar-refractivity contribution in [2.75, 3.05) is 13.2 Å². The highest BCUT2D eigenvalue weighted by atomic mass is 16.7. The zero-order valence-corrected chi connectivity index (χ0v) is 17.6. The van der Waals surface area contributed by atoms with E-state index in [-0.39, 0.29) is 0 Å². The first-order valence-corrected chi connectivity index (χ1v) is 11.7. The number of ether oxygens (including phenoxy) is 2. The van der Waals surface area contributed by atoms with Gasteiger partial charge in [-0.15, -0.1) is 0 Å². The van der Waals surface area contributed by atoms with Crippen molar-refractivity contribution in [3.05, 3.63) is 24.3 Å². The molecule has 0 spiro atoms. The maximum absolute atomic E-state index is 6.03. The number of unbranched alkanes of at least 4 members (excludes halogenated alkanes) is 2. The Balaban J connectivity index is 0.999. The predicted octanol–water partition coefficient (Wildman–Crippen LogP) is 6.52. The van der Waals surface area contributed by atoms with Crippen LogP contribution in [0.15, 0.2) is 24.3 Å². The predicted molar refractivity (Wildman–Crippen MR) is 111 cm³/mol. The molecule has 152 valence electrons. The maximum Gasteiger partial charge on any atom is 0.162 e. The van der Waals surface area contributed by atoms with Gasteiger partial charge in [-0.05, 0) is 101 Å². The Hall–Kier alpha value is -0.600. The normalized spacial score (nSPS) is 36.4. The fourth-order valence-electron chi connectivity index (χ4n) is 6.15. The monoisotopic (exact) mass is 372 g/mol. The maximum atomic E-state index is 6.03. The quantitative estimate of drug-likeness (QED) is 0.220. The van der Waals surface area contributed by atoms with Crippen LogP contribution >= 0.6 is 0 Å². The van der Waals surface area contributed by atoms with Crippen molar-refractivity contribution < 1.29 is 9.47 Å². The van der Waals surface area contributed by atoms with E-state index in [2.05, 4.69) is 38.2 Å². The van der Waals surface area contributed by atoms with Gasteiger partial charge in [-0.3, -0.25) is 0 Å². The Morgan fingerprint density at radius 1 is 0.667 bits per heavy atom. The summed E-state index contributed by atoms with van der Waals surface area (Å²) in [5, 5.41) is 0. The average Bonchev–Trinajstić information content (AvgIpc) is 3.42. The number of hydrogen-bond acceptors (Lipinski definition) is 2. The molecule has 4 aliphatic rings. The van der Waals surface area contributed by atoms with E-state index in [4.69, 9.17) is 9.47 Å². The molecular formula is C25H40O2. The van der Waals surface area contributed by atoms with Gasteiger partial charge in [0.25, 0.3) is 0 Å². The average molecular weight is 373 g/mol. The topological polar surface area (TPSA) is 18.5 Å². The van der Waals surface area contributed by atoms with Gasteiger partial charge in [-0.1, -0.05) is 37.1 Å². The third kappa shape index (κ3) is 5.26. The first kappa shape index (κ1) is 19.7. The van der Waals surface area contributed by atoms with Crippen molar-refractivity contribution in [1.29, 1.82) is 0 Å². The Labute approximate surface area is 166 Å². The van der Waals surface area contributed by atoms with Crippen LogP contribution in [0.1, 0.15) is 78.1 Å². The zero-order chi connectivity index (χ0) is 18.7. The Morgan fingerprint density at radius 3 is 1.52 bits per heavy atom. The third-order valence-corrected chi connectivity index (χ3v) is 7.67. The summed E-state index contributed by atoms with van der Waals surface area (Å²) in [6.45, 7) is 5.82. The van der Waals surface area contributed by atoms with Crippen molar-refractivity contribution >= 4 is 0 Å². The lowest BCUT2D eigenvalue weighted by molar-refractivity contribution is -0.214. The molecule has 4 rings (SSSR count). The molecular weight excluding hydrogens is 332 g/mol. The molecule has 27 heavy (non-hydrogen) atoms. The summed E-state index contributed by atoms with van der Waals surface area (Å²) in [4.78, 5) is 0. The fraction of sp³-hybridized carbons (Fsp3) is 0.840. The van der Waals surface area contributed by atoms with Crippen LogP contribution in [0.5, 0.6) is 0 Å². The molecule has 0 radical (unpaired) electrons. The van der Waals surface area contributed by atoms with Gasteiger partial charge in [-0.25, -0.2) is 0 Å². The minimum atomic E-state index is -0.426. The summed E-state index contributed by atoms with van der Waals surface area (Å²) < 4.78 is 12.1. The van der Waals surface area contributed by atoms with E-state index in [9.17, 15) is 0 Å². The first-order valence-electron chi connectivity index (χ1n) is 11.7. The molecule has 2 fully saturated rings. The molecule has 6 unspecified atom stereocenters. The van der Waals surface area contributed by atoms with E-state index in [1.165, 1.54) is 64.2 Å². The third-order valence-electron chi connectivity index (χ3n) is 7.67. The van der Waals surface area contributed by atoms with E-state index >= 15 is 0 Å². The SMILES string of the molecule is CC(C)(OCCCCC1CC2C=CC1C2)OCCCCC1CC2C=CC1C2. The summed E-state index contributed by atoms with van der Waals surface area (Å²) in [7, 11) is 0. The van der Waals surface area contributed by atoms with Crippen LogP contribution in [0, 0.1) is 35.5 Å². The molecule has 2 nitrogen and oxygen atoms in total. The van der Waals surface area contributed by atoms with Crippen LogP contribution in [0.25, 0.3) is 0 Å². The first-order chi connectivity index (χ1) is 13.1. The van der Waals surface area contributed by atoms with Crippen molar-refractivity contribution in [2.24, 2.45) is 35.5 Å². The van der Waals surface area contributed by atoms with Gasteiger partial charge in [0.05, 0.1) is 0 Å². The standard InChI is InChI=1S/C25H40O2/c1-25(2,26-13-5-3-7-21-15-19-9-11-23(21)17-19)27-14-6-4-8-22-16-20-10-12-24(22)18-20/h9-12,19-24H,3-8,13-18H2,1-2H3. The molecule has 0 saturated heterocycles. The summed E-state index contributed by atoms with van der Waals surface area (Å²) in [6, 6.07) is 0. The van der Waals surface area contributed by atoms with Gasteiger partial charge in [0, 0.05) is 13.2 Å². The van der Waals surface area contributed by atoms with Crippen molar-refractivity contribution in [1.82, 2.24) is 0 Å². The smallest absolute Gasteiger partial charge is 0.162 e. The summed E-state index contributed by atoms with van der Waals surface area (Å²) in [5.74, 6) is 5.08. The van der Waals surface area contributed by atoms with Gasteiger partial charge in [-0.2, -0.15) is 0 Å². The molecule has 0 aliphatic heterocycles. The van der Waals surface area contributed by atoms with E-state index in [0.29, 0.717) is 0 Å². The number of fused-ring (bicyclic) bond motifs is 4. The van der Waals surface area contributed by atoms with Gasteiger partial charge < -0.3 is 9.47 Å². The highest BCUT2D eigenvalue weighted by molar-refractivity contribution is 5.10. The van der Waals surface area contributed by atoms with Crippen molar-refractivity contribution in [3.8, 4) is 0 Å². The fourth-order valence-corrected chi connectivity index (χ4v) is 6.15. The van der Waals surface area contributed by atoms with Crippen LogP contribution in [0.2, 0.25) is 0 Å². The summed E-state index contributed by atoms with van der Waals surface area (Å²) >= 11 is 0. The van der Waals surface area contributed by atoms with E-state index < -0.39 is 5.79 Å². The lowest BCUT2D eigenvalue weighted by Crippen LogP contribution is -2.29. The summed E-state index contributed by atoms with van der Waals surface area (Å²) in [5.41, 5.74) is 0. The minimum absolute atomic E-state index is 0.426. The van der Waals surface area contributed by atoms with Crippen LogP contribution < -0.4 is 0 Å². The molecule has 0 N–H and O–H groups in total. The van der Waals surface area contributed by atoms with Crippen LogP contribution in [-0.2, 0) is 9.47 Å². The molecule has 2 heteroatoms. The van der Waals surface area contributed by atoms with Crippen molar-refractivity contribution in [3.63, 3.8) is 0 Å². The molecule has 0 heterocycles. The lowest BCUT2D eigenvalue weighted by Gasteiger charge is -2.26. The van der Waals surface area contributed by atoms with Gasteiger partial charge in [0.15, 0.2) is 5.79 Å². The molecule has 0 aromatic carbocycles. The molecule has 0 aromatic heterocycles. The van der Waals surface area contributed by atoms with Gasteiger partial charge in [0.1, 0.15) is 0 Å². The van der Waals surface area contributed by atoms with E-state index in [1.807, 2.05) is 0 Å². The van der Waals surface area contributed by atoms with Crippen LogP contribution in [0.3, 0.4) is 0 Å². The van der Waals surface area contributed by atoms with E-state index in [0.717, 1.165) is 48.7 Å². The molecule has 0 aromatic rings. The molecule has 4 bridgehead atoms. The van der Waals surface area contributed by atoms with Crippen molar-refractivity contribution in [2.45, 2.75) is 83.8 Å². The zero-order valence-electron chi connectivity index (χ0n) is 17.6. The van der Waals surface area contributed by atoms with Gasteiger partial charge in [0.2, 0.25) is 0 Å². The molecule has 2 saturated carbocycles. The Bertz CT molecular complexity index is 488. The second-order valence-corrected chi connectivity index (χ2v) is 10.2. The second kappa shape index (κ2) is 8.82. The number of rotatable bonds is 12. The minimum Gasteiger partial charge on any atom is -0.351 e. The highest BCUT2D eigenvalue weighted by Crippen LogP contribution is 2.46. The number of hydrogen-bond donors (Lipinski definition) is 0.